The van der Waals surface area contributed by atoms with Crippen LogP contribution in [0.4, 0.5) is 0 Å². The minimum absolute atomic E-state index is 0.0242. The second kappa shape index (κ2) is 3.49. The maximum absolute atomic E-state index is 10.9. The third-order valence-corrected chi connectivity index (χ3v) is 1.75. The molecule has 5 heteroatoms. The molecule has 0 atom stereocenters. The molecule has 1 saturated heterocycles. The molecule has 1 rings (SSSR count). The van der Waals surface area contributed by atoms with Crippen LogP contribution in [-0.4, -0.2) is 36.5 Å². The lowest BCUT2D eigenvalue weighted by molar-refractivity contribution is -0.136. The summed E-state index contributed by atoms with van der Waals surface area (Å²) < 4.78 is 4.63. The fraction of sp³-hybridized carbons (Fsp3) is 0.800. The van der Waals surface area contributed by atoms with Gasteiger partial charge in [-0.15, -0.1) is 0 Å². The summed E-state index contributed by atoms with van der Waals surface area (Å²) in [7, 11) is 0. The van der Waals surface area contributed by atoms with E-state index in [1.54, 1.807) is 27.9 Å². The molecular weight excluding hydrogens is 247 g/mol. The number of nitrogens with two attached hydrogens (primary N) is 1. The first-order chi connectivity index (χ1) is 4.74. The molecule has 0 bridgehead atoms. The Morgan fingerprint density at radius 2 is 2.40 bits per heavy atom. The topological polar surface area (TPSA) is 55.6 Å². The monoisotopic (exact) mass is 256 g/mol. The van der Waals surface area contributed by atoms with E-state index in [0.29, 0.717) is 13.1 Å². The number of halogens is 1. The zero-order valence-electron chi connectivity index (χ0n) is 5.42. The van der Waals surface area contributed by atoms with Gasteiger partial charge >= 0.3 is 0 Å². The zero-order chi connectivity index (χ0) is 7.56. The van der Waals surface area contributed by atoms with Gasteiger partial charge in [-0.25, -0.2) is 0 Å². The fourth-order valence-electron chi connectivity index (χ4n) is 0.854. The van der Waals surface area contributed by atoms with E-state index >= 15 is 0 Å². The van der Waals surface area contributed by atoms with Gasteiger partial charge in [0, 0.05) is 19.1 Å². The maximum atomic E-state index is 10.9. The molecule has 0 saturated carbocycles. The van der Waals surface area contributed by atoms with Crippen LogP contribution in [0.3, 0.4) is 0 Å². The lowest BCUT2D eigenvalue weighted by Crippen LogP contribution is -2.58. The van der Waals surface area contributed by atoms with Crippen LogP contribution < -0.4 is 5.73 Å². The molecule has 10 heavy (non-hydrogen) atoms. The molecule has 1 fully saturated rings. The number of hydrogen-bond donors (Lipinski definition) is 1. The van der Waals surface area contributed by atoms with Crippen LogP contribution in [0.5, 0.6) is 0 Å². The molecule has 1 aliphatic rings. The second-order valence-corrected chi connectivity index (χ2v) is 2.94. The molecule has 0 spiro atoms. The smallest absolute Gasteiger partial charge is 0.249 e. The van der Waals surface area contributed by atoms with Crippen molar-refractivity contribution in [3.8, 4) is 0 Å². The van der Waals surface area contributed by atoms with Crippen molar-refractivity contribution in [2.75, 3.05) is 19.7 Å². The van der Waals surface area contributed by atoms with E-state index in [4.69, 9.17) is 5.73 Å². The molecule has 0 unspecified atom stereocenters. The van der Waals surface area contributed by atoms with Crippen molar-refractivity contribution in [2.45, 2.75) is 6.04 Å². The molecule has 2 N–H and O–H groups in total. The summed E-state index contributed by atoms with van der Waals surface area (Å²) in [5, 5.41) is 0. The van der Waals surface area contributed by atoms with Crippen LogP contribution >= 0.6 is 23.0 Å². The molecule has 58 valence electrons. The van der Waals surface area contributed by atoms with Crippen molar-refractivity contribution in [1.82, 2.24) is 4.90 Å². The Morgan fingerprint density at radius 1 is 1.80 bits per heavy atom. The van der Waals surface area contributed by atoms with Crippen LogP contribution in [0.25, 0.3) is 0 Å². The van der Waals surface area contributed by atoms with Crippen LogP contribution in [-0.2, 0) is 7.86 Å². The molecule has 0 aromatic heterocycles. The van der Waals surface area contributed by atoms with E-state index in [-0.39, 0.29) is 18.6 Å². The van der Waals surface area contributed by atoms with Gasteiger partial charge in [-0.3, -0.25) is 4.79 Å². The quantitative estimate of drug-likeness (QED) is 0.679. The SMILES string of the molecule is NC1CN(C(=O)COI)C1. The highest BCUT2D eigenvalue weighted by Crippen LogP contribution is 2.05. The van der Waals surface area contributed by atoms with Gasteiger partial charge in [-0.2, -0.15) is 0 Å². The normalized spacial score (nSPS) is 18.8. The Bertz CT molecular complexity index is 136. The highest BCUT2D eigenvalue weighted by Gasteiger charge is 2.26. The van der Waals surface area contributed by atoms with Crippen LogP contribution in [0.15, 0.2) is 0 Å². The van der Waals surface area contributed by atoms with E-state index in [2.05, 4.69) is 3.07 Å². The van der Waals surface area contributed by atoms with Crippen molar-refractivity contribution in [2.24, 2.45) is 5.73 Å². The molecule has 4 nitrogen and oxygen atoms in total. The number of amides is 1. The van der Waals surface area contributed by atoms with Crippen molar-refractivity contribution < 1.29 is 7.86 Å². The van der Waals surface area contributed by atoms with E-state index in [1.807, 2.05) is 0 Å². The standard InChI is InChI=1S/C5H9IN2O2/c6-10-3-5(9)8-1-4(7)2-8/h4H,1-3,7H2. The van der Waals surface area contributed by atoms with Gasteiger partial charge in [-0.05, 0) is 0 Å². The van der Waals surface area contributed by atoms with Crippen molar-refractivity contribution in [1.29, 1.82) is 0 Å². The minimum atomic E-state index is 0.0242. The number of carbonyl (C=O) groups excluding carboxylic acids is 1. The predicted molar refractivity (Wildman–Crippen MR) is 44.5 cm³/mol. The third kappa shape index (κ3) is 1.80. The molecule has 1 aliphatic heterocycles. The van der Waals surface area contributed by atoms with Gasteiger partial charge in [0.05, 0.1) is 0 Å². The Labute approximate surface area is 73.4 Å². The van der Waals surface area contributed by atoms with E-state index in [1.165, 1.54) is 0 Å². The summed E-state index contributed by atoms with van der Waals surface area (Å²) in [6, 6.07) is 0.179. The lowest BCUT2D eigenvalue weighted by Gasteiger charge is -2.36. The summed E-state index contributed by atoms with van der Waals surface area (Å²) in [5.41, 5.74) is 5.47. The summed E-state index contributed by atoms with van der Waals surface area (Å²) in [4.78, 5) is 12.6. The minimum Gasteiger partial charge on any atom is -0.337 e. The van der Waals surface area contributed by atoms with E-state index in [0.717, 1.165) is 0 Å². The number of rotatable bonds is 2. The maximum Gasteiger partial charge on any atom is 0.249 e. The van der Waals surface area contributed by atoms with Gasteiger partial charge in [0.25, 0.3) is 0 Å². The molecule has 1 amide bonds. The summed E-state index contributed by atoms with van der Waals surface area (Å²) in [5.74, 6) is 0.0242. The van der Waals surface area contributed by atoms with Crippen molar-refractivity contribution in [3.05, 3.63) is 0 Å². The highest BCUT2D eigenvalue weighted by molar-refractivity contribution is 14.1. The number of likely N-dealkylation sites (tertiary alicyclic amines) is 1. The Hall–Kier alpha value is 0.120. The Balaban J connectivity index is 2.18. The molecule has 0 aromatic rings. The van der Waals surface area contributed by atoms with Crippen LogP contribution in [0.2, 0.25) is 0 Å². The Kier molecular flexibility index (Phi) is 2.87. The van der Waals surface area contributed by atoms with Gasteiger partial charge in [-0.1, -0.05) is 0 Å². The van der Waals surface area contributed by atoms with Crippen LogP contribution in [0.1, 0.15) is 0 Å². The first-order valence-electron chi connectivity index (χ1n) is 3.01. The van der Waals surface area contributed by atoms with Crippen molar-refractivity contribution in [3.63, 3.8) is 0 Å². The molecular formula is C5H9IN2O2. The van der Waals surface area contributed by atoms with Gasteiger partial charge < -0.3 is 13.7 Å². The second-order valence-electron chi connectivity index (χ2n) is 2.31. The molecule has 1 heterocycles. The molecule has 0 radical (unpaired) electrons. The summed E-state index contributed by atoms with van der Waals surface area (Å²) in [6.45, 7) is 1.52. The number of nitrogens with zero attached hydrogens (tertiary/aromatic N) is 1. The first kappa shape index (κ1) is 8.22. The highest BCUT2D eigenvalue weighted by atomic mass is 127. The van der Waals surface area contributed by atoms with Gasteiger partial charge in [0.1, 0.15) is 29.6 Å². The predicted octanol–water partition coefficient (Wildman–Crippen LogP) is -0.478. The fourth-order valence-corrected chi connectivity index (χ4v) is 1.12. The average molecular weight is 256 g/mol. The molecule has 0 aromatic carbocycles. The Morgan fingerprint density at radius 3 is 2.80 bits per heavy atom. The lowest BCUT2D eigenvalue weighted by atomic mass is 10.1. The van der Waals surface area contributed by atoms with E-state index in [9.17, 15) is 4.79 Å². The number of carbonyl (C=O) groups is 1. The van der Waals surface area contributed by atoms with Crippen molar-refractivity contribution >= 4 is 28.9 Å². The van der Waals surface area contributed by atoms with Gasteiger partial charge in [0.15, 0.2) is 0 Å². The van der Waals surface area contributed by atoms with E-state index < -0.39 is 0 Å². The number of hydrogen-bond acceptors (Lipinski definition) is 3. The summed E-state index contributed by atoms with van der Waals surface area (Å²) >= 11 is 1.70. The first-order valence-corrected chi connectivity index (χ1v) is 3.89. The van der Waals surface area contributed by atoms with Gasteiger partial charge in [0.2, 0.25) is 5.91 Å². The summed E-state index contributed by atoms with van der Waals surface area (Å²) in [6.07, 6.45) is 0. The third-order valence-electron chi connectivity index (χ3n) is 1.44. The zero-order valence-corrected chi connectivity index (χ0v) is 7.58. The average Bonchev–Trinajstić information content (AvgIpc) is 1.82. The van der Waals surface area contributed by atoms with Crippen LogP contribution in [0, 0.1) is 0 Å². The molecule has 0 aliphatic carbocycles. The largest absolute Gasteiger partial charge is 0.337 e.